The average Bonchev–Trinajstić information content (AvgIpc) is 2.79. The van der Waals surface area contributed by atoms with Gasteiger partial charge in [-0.3, -0.25) is 4.79 Å². The molecule has 1 heterocycles. The highest BCUT2D eigenvalue weighted by atomic mass is 32.2. The van der Waals surface area contributed by atoms with Gasteiger partial charge < -0.3 is 9.63 Å². The molecule has 2 aromatic rings. The third-order valence-electron chi connectivity index (χ3n) is 2.16. The number of halogens is 1. The van der Waals surface area contributed by atoms with E-state index in [1.54, 1.807) is 19.1 Å². The van der Waals surface area contributed by atoms with Crippen molar-refractivity contribution in [3.63, 3.8) is 0 Å². The summed E-state index contributed by atoms with van der Waals surface area (Å²) in [7, 11) is 0. The van der Waals surface area contributed by atoms with Gasteiger partial charge in [0.05, 0.1) is 0 Å². The van der Waals surface area contributed by atoms with Gasteiger partial charge in [-0.05, 0) is 18.6 Å². The summed E-state index contributed by atoms with van der Waals surface area (Å²) < 4.78 is 18.2. The van der Waals surface area contributed by atoms with E-state index in [0.717, 1.165) is 11.8 Å². The fourth-order valence-corrected chi connectivity index (χ4v) is 1.73. The first-order valence-corrected chi connectivity index (χ1v) is 5.99. The molecule has 1 aromatic carbocycles. The largest absolute Gasteiger partial charge is 0.481 e. The number of rotatable bonds is 4. The maximum atomic E-state index is 13.4. The topological polar surface area (TPSA) is 76.2 Å². The molecule has 0 saturated heterocycles. The molecule has 1 N–H and O–H groups in total. The number of nitrogens with zero attached hydrogens (tertiary/aromatic N) is 2. The van der Waals surface area contributed by atoms with Gasteiger partial charge in [0, 0.05) is 5.56 Å². The second-order valence-corrected chi connectivity index (χ2v) is 4.46. The molecule has 0 atom stereocenters. The van der Waals surface area contributed by atoms with E-state index in [0.29, 0.717) is 11.1 Å². The molecule has 0 saturated carbocycles. The molecule has 0 aliphatic carbocycles. The molecule has 0 fully saturated rings. The predicted octanol–water partition coefficient (Wildman–Crippen LogP) is 2.36. The van der Waals surface area contributed by atoms with E-state index < -0.39 is 5.97 Å². The van der Waals surface area contributed by atoms with Crippen molar-refractivity contribution >= 4 is 17.7 Å². The molecule has 0 amide bonds. The van der Waals surface area contributed by atoms with E-state index in [2.05, 4.69) is 10.1 Å². The van der Waals surface area contributed by atoms with E-state index in [-0.39, 0.29) is 22.6 Å². The standard InChI is InChI=1S/C11H9FN2O3S/c1-6-2-3-7(4-8(6)12)10-13-11(17-14-10)18-5-9(15)16/h2-4H,5H2,1H3,(H,15,16). The molecule has 2 rings (SSSR count). The molecule has 94 valence electrons. The molecule has 18 heavy (non-hydrogen) atoms. The van der Waals surface area contributed by atoms with Crippen LogP contribution in [0.1, 0.15) is 5.56 Å². The van der Waals surface area contributed by atoms with Crippen LogP contribution in [-0.4, -0.2) is 27.0 Å². The Labute approximate surface area is 106 Å². The van der Waals surface area contributed by atoms with Crippen molar-refractivity contribution in [1.82, 2.24) is 10.1 Å². The number of carbonyl (C=O) groups is 1. The van der Waals surface area contributed by atoms with Crippen molar-refractivity contribution < 1.29 is 18.8 Å². The monoisotopic (exact) mass is 268 g/mol. The Balaban J connectivity index is 2.18. The summed E-state index contributed by atoms with van der Waals surface area (Å²) in [6.07, 6.45) is 0. The molecule has 0 radical (unpaired) electrons. The highest BCUT2D eigenvalue weighted by Crippen LogP contribution is 2.22. The molecular formula is C11H9FN2O3S. The minimum absolute atomic E-state index is 0.147. The highest BCUT2D eigenvalue weighted by Gasteiger charge is 2.11. The lowest BCUT2D eigenvalue weighted by atomic mass is 10.1. The van der Waals surface area contributed by atoms with Crippen LogP contribution in [0.25, 0.3) is 11.4 Å². The zero-order chi connectivity index (χ0) is 13.1. The quantitative estimate of drug-likeness (QED) is 0.858. The zero-order valence-corrected chi connectivity index (χ0v) is 10.2. The molecule has 5 nitrogen and oxygen atoms in total. The number of hydrogen-bond donors (Lipinski definition) is 1. The highest BCUT2D eigenvalue weighted by molar-refractivity contribution is 7.99. The van der Waals surface area contributed by atoms with E-state index in [1.807, 2.05) is 0 Å². The predicted molar refractivity (Wildman–Crippen MR) is 62.8 cm³/mol. The summed E-state index contributed by atoms with van der Waals surface area (Å²) >= 11 is 0.918. The molecule has 0 aliphatic rings. The van der Waals surface area contributed by atoms with Gasteiger partial charge in [0.25, 0.3) is 5.22 Å². The van der Waals surface area contributed by atoms with Crippen LogP contribution < -0.4 is 0 Å². The first-order chi connectivity index (χ1) is 8.56. The van der Waals surface area contributed by atoms with E-state index in [1.165, 1.54) is 6.07 Å². The molecule has 0 unspecified atom stereocenters. The van der Waals surface area contributed by atoms with Crippen molar-refractivity contribution in [3.8, 4) is 11.4 Å². The van der Waals surface area contributed by atoms with Gasteiger partial charge in [-0.25, -0.2) is 4.39 Å². The number of thioether (sulfide) groups is 1. The van der Waals surface area contributed by atoms with Crippen LogP contribution in [0.15, 0.2) is 27.9 Å². The SMILES string of the molecule is Cc1ccc(-c2noc(SCC(=O)O)n2)cc1F. The summed E-state index contributed by atoms with van der Waals surface area (Å²) in [4.78, 5) is 14.3. The summed E-state index contributed by atoms with van der Waals surface area (Å²) in [5, 5.41) is 12.3. The maximum Gasteiger partial charge on any atom is 0.314 e. The summed E-state index contributed by atoms with van der Waals surface area (Å²) in [5.41, 5.74) is 1.02. The van der Waals surface area contributed by atoms with E-state index in [9.17, 15) is 9.18 Å². The van der Waals surface area contributed by atoms with Crippen LogP contribution in [-0.2, 0) is 4.79 Å². The lowest BCUT2D eigenvalue weighted by molar-refractivity contribution is -0.133. The van der Waals surface area contributed by atoms with E-state index in [4.69, 9.17) is 9.63 Å². The van der Waals surface area contributed by atoms with Crippen LogP contribution >= 0.6 is 11.8 Å². The lowest BCUT2D eigenvalue weighted by Crippen LogP contribution is -1.97. The Kier molecular flexibility index (Phi) is 3.61. The Morgan fingerprint density at radius 3 is 3.00 bits per heavy atom. The lowest BCUT2D eigenvalue weighted by Gasteiger charge is -1.97. The zero-order valence-electron chi connectivity index (χ0n) is 9.38. The Morgan fingerprint density at radius 1 is 1.56 bits per heavy atom. The van der Waals surface area contributed by atoms with Gasteiger partial charge in [-0.2, -0.15) is 4.98 Å². The summed E-state index contributed by atoms with van der Waals surface area (Å²) in [6, 6.07) is 4.60. The van der Waals surface area contributed by atoms with Gasteiger partial charge >= 0.3 is 5.97 Å². The fourth-order valence-electron chi connectivity index (χ4n) is 1.24. The van der Waals surface area contributed by atoms with Crippen LogP contribution in [0.2, 0.25) is 0 Å². The molecule has 0 aliphatic heterocycles. The number of benzene rings is 1. The normalized spacial score (nSPS) is 10.6. The summed E-state index contributed by atoms with van der Waals surface area (Å²) in [6.45, 7) is 1.66. The third-order valence-corrected chi connectivity index (χ3v) is 2.96. The van der Waals surface area contributed by atoms with Gasteiger partial charge in [-0.1, -0.05) is 29.1 Å². The molecule has 0 bridgehead atoms. The van der Waals surface area contributed by atoms with Crippen LogP contribution in [0.3, 0.4) is 0 Å². The van der Waals surface area contributed by atoms with Gasteiger partial charge in [0.15, 0.2) is 0 Å². The minimum Gasteiger partial charge on any atom is -0.481 e. The number of aryl methyl sites for hydroxylation is 1. The minimum atomic E-state index is -0.971. The van der Waals surface area contributed by atoms with Gasteiger partial charge in [0.1, 0.15) is 11.6 Å². The Morgan fingerprint density at radius 2 is 2.33 bits per heavy atom. The van der Waals surface area contributed by atoms with Gasteiger partial charge in [0.2, 0.25) is 5.82 Å². The Hall–Kier alpha value is -1.89. The first-order valence-electron chi connectivity index (χ1n) is 5.01. The molecule has 7 heteroatoms. The Bertz CT molecular complexity index is 585. The number of carboxylic acids is 1. The van der Waals surface area contributed by atoms with Crippen molar-refractivity contribution in [2.24, 2.45) is 0 Å². The second-order valence-electron chi connectivity index (χ2n) is 3.53. The van der Waals surface area contributed by atoms with Crippen LogP contribution in [0, 0.1) is 12.7 Å². The fraction of sp³-hybridized carbons (Fsp3) is 0.182. The number of carboxylic acid groups (broad SMARTS) is 1. The second kappa shape index (κ2) is 5.18. The van der Waals surface area contributed by atoms with Gasteiger partial charge in [-0.15, -0.1) is 0 Å². The average molecular weight is 268 g/mol. The maximum absolute atomic E-state index is 13.4. The number of aliphatic carboxylic acids is 1. The molecule has 1 aromatic heterocycles. The molecular weight excluding hydrogens is 259 g/mol. The van der Waals surface area contributed by atoms with Crippen LogP contribution in [0.5, 0.6) is 0 Å². The van der Waals surface area contributed by atoms with Crippen molar-refractivity contribution in [1.29, 1.82) is 0 Å². The molecule has 0 spiro atoms. The summed E-state index contributed by atoms with van der Waals surface area (Å²) in [5.74, 6) is -1.25. The van der Waals surface area contributed by atoms with E-state index >= 15 is 0 Å². The first kappa shape index (κ1) is 12.6. The smallest absolute Gasteiger partial charge is 0.314 e. The van der Waals surface area contributed by atoms with Crippen molar-refractivity contribution in [2.75, 3.05) is 5.75 Å². The third kappa shape index (κ3) is 2.86. The number of hydrogen-bond acceptors (Lipinski definition) is 5. The number of aromatic nitrogens is 2. The van der Waals surface area contributed by atoms with Crippen molar-refractivity contribution in [2.45, 2.75) is 12.1 Å². The van der Waals surface area contributed by atoms with Crippen molar-refractivity contribution in [3.05, 3.63) is 29.6 Å². The van der Waals surface area contributed by atoms with Crippen LogP contribution in [0.4, 0.5) is 4.39 Å².